The summed E-state index contributed by atoms with van der Waals surface area (Å²) in [5.41, 5.74) is 1.07. The zero-order valence-corrected chi connectivity index (χ0v) is 11.0. The number of nitrogens with zero attached hydrogens (tertiary/aromatic N) is 4. The molecular weight excluding hydrogens is 276 g/mol. The molecule has 2 rings (SSSR count). The average Bonchev–Trinajstić information content (AvgIpc) is 2.85. The van der Waals surface area contributed by atoms with E-state index < -0.39 is 18.9 Å². The third-order valence-corrected chi connectivity index (χ3v) is 3.22. The van der Waals surface area contributed by atoms with E-state index in [1.807, 2.05) is 0 Å². The highest BCUT2D eigenvalue weighted by Crippen LogP contribution is 2.14. The molecular formula is C10H11F2N5OS. The summed E-state index contributed by atoms with van der Waals surface area (Å²) in [6.45, 7) is 2.81. The van der Waals surface area contributed by atoms with Crippen molar-refractivity contribution < 1.29 is 13.6 Å². The number of amides is 1. The lowest BCUT2D eigenvalue weighted by atomic mass is 10.3. The van der Waals surface area contributed by atoms with Gasteiger partial charge in [0.1, 0.15) is 11.4 Å². The predicted molar refractivity (Wildman–Crippen MR) is 65.6 cm³/mol. The molecule has 19 heavy (non-hydrogen) atoms. The summed E-state index contributed by atoms with van der Waals surface area (Å²) in [7, 11) is 0. The largest absolute Gasteiger partial charge is 0.304 e. The van der Waals surface area contributed by atoms with E-state index in [9.17, 15) is 13.6 Å². The van der Waals surface area contributed by atoms with Gasteiger partial charge in [-0.3, -0.25) is 9.48 Å². The molecule has 0 fully saturated rings. The number of aryl methyl sites for hydroxylation is 2. The Kier molecular flexibility index (Phi) is 3.84. The fourth-order valence-electron chi connectivity index (χ4n) is 1.50. The lowest BCUT2D eigenvalue weighted by Gasteiger charge is -2.02. The number of hydrogen-bond donors (Lipinski definition) is 1. The molecule has 0 saturated carbocycles. The van der Waals surface area contributed by atoms with Gasteiger partial charge in [-0.25, -0.2) is 8.78 Å². The minimum Gasteiger partial charge on any atom is -0.304 e. The fourth-order valence-corrected chi connectivity index (χ4v) is 2.05. The third-order valence-electron chi connectivity index (χ3n) is 2.39. The number of halogens is 2. The van der Waals surface area contributed by atoms with Crippen LogP contribution in [0.3, 0.4) is 0 Å². The summed E-state index contributed by atoms with van der Waals surface area (Å²) in [6.07, 6.45) is -2.49. The lowest BCUT2D eigenvalue weighted by molar-refractivity contribution is 0.102. The number of rotatable bonds is 4. The lowest BCUT2D eigenvalue weighted by Crippen LogP contribution is -2.13. The summed E-state index contributed by atoms with van der Waals surface area (Å²) >= 11 is 0.971. The maximum absolute atomic E-state index is 12.3. The monoisotopic (exact) mass is 287 g/mol. The molecule has 0 saturated heterocycles. The molecule has 0 radical (unpaired) electrons. The maximum atomic E-state index is 12.3. The summed E-state index contributed by atoms with van der Waals surface area (Å²) in [4.78, 5) is 12.2. The zero-order valence-electron chi connectivity index (χ0n) is 10.2. The number of anilines is 1. The summed E-state index contributed by atoms with van der Waals surface area (Å²) < 4.78 is 29.4. The number of alkyl halides is 2. The van der Waals surface area contributed by atoms with Crippen molar-refractivity contribution in [1.29, 1.82) is 0 Å². The second-order valence-electron chi connectivity index (χ2n) is 3.89. The molecule has 2 aromatic rings. The van der Waals surface area contributed by atoms with Crippen molar-refractivity contribution in [3.8, 4) is 0 Å². The van der Waals surface area contributed by atoms with E-state index in [0.29, 0.717) is 16.3 Å². The quantitative estimate of drug-likeness (QED) is 0.931. The Balaban J connectivity index is 2.12. The molecule has 0 spiro atoms. The van der Waals surface area contributed by atoms with Crippen LogP contribution in [-0.2, 0) is 6.54 Å². The van der Waals surface area contributed by atoms with Gasteiger partial charge in [0.15, 0.2) is 5.82 Å². The van der Waals surface area contributed by atoms with Crippen LogP contribution in [0.5, 0.6) is 0 Å². The standard InChI is InChI=1S/C10H11F2N5OS/c1-5-3-8(15-17(5)4-7(11)12)13-10(18)9-6(2)14-16-19-9/h3,7H,4H2,1-2H3,(H,13,15,18). The van der Waals surface area contributed by atoms with Gasteiger partial charge in [-0.2, -0.15) is 5.10 Å². The molecule has 6 nitrogen and oxygen atoms in total. The third kappa shape index (κ3) is 3.11. The highest BCUT2D eigenvalue weighted by atomic mass is 32.1. The van der Waals surface area contributed by atoms with Gasteiger partial charge in [-0.1, -0.05) is 4.49 Å². The van der Waals surface area contributed by atoms with Crippen LogP contribution in [0.4, 0.5) is 14.6 Å². The SMILES string of the molecule is Cc1nnsc1C(=O)Nc1cc(C)n(CC(F)F)n1. The van der Waals surface area contributed by atoms with Crippen LogP contribution in [0, 0.1) is 13.8 Å². The van der Waals surface area contributed by atoms with E-state index >= 15 is 0 Å². The van der Waals surface area contributed by atoms with E-state index in [1.165, 1.54) is 6.07 Å². The van der Waals surface area contributed by atoms with Crippen LogP contribution in [-0.4, -0.2) is 31.7 Å². The normalized spacial score (nSPS) is 11.0. The first kappa shape index (κ1) is 13.5. The van der Waals surface area contributed by atoms with Crippen molar-refractivity contribution >= 4 is 23.3 Å². The summed E-state index contributed by atoms with van der Waals surface area (Å²) in [5.74, 6) is -0.162. The topological polar surface area (TPSA) is 72.7 Å². The Morgan fingerprint density at radius 3 is 2.84 bits per heavy atom. The Morgan fingerprint density at radius 1 is 1.53 bits per heavy atom. The molecule has 2 aromatic heterocycles. The number of hydrogen-bond acceptors (Lipinski definition) is 5. The van der Waals surface area contributed by atoms with Crippen molar-refractivity contribution in [2.24, 2.45) is 0 Å². The summed E-state index contributed by atoms with van der Waals surface area (Å²) in [6, 6.07) is 1.53. The second kappa shape index (κ2) is 5.39. The van der Waals surface area contributed by atoms with Crippen molar-refractivity contribution in [3.05, 3.63) is 22.3 Å². The van der Waals surface area contributed by atoms with Gasteiger partial charge in [0.05, 0.1) is 5.69 Å². The van der Waals surface area contributed by atoms with E-state index in [2.05, 4.69) is 20.0 Å². The van der Waals surface area contributed by atoms with Gasteiger partial charge in [0, 0.05) is 11.8 Å². The van der Waals surface area contributed by atoms with Gasteiger partial charge in [0.25, 0.3) is 12.3 Å². The molecule has 0 aliphatic rings. The van der Waals surface area contributed by atoms with Crippen LogP contribution in [0.25, 0.3) is 0 Å². The molecule has 0 bridgehead atoms. The molecule has 1 N–H and O–H groups in total. The number of carbonyl (C=O) groups is 1. The molecule has 102 valence electrons. The first-order valence-corrected chi connectivity index (χ1v) is 6.17. The molecule has 0 unspecified atom stereocenters. The number of nitrogens with one attached hydrogen (secondary N) is 1. The minimum atomic E-state index is -2.49. The molecule has 0 aliphatic carbocycles. The van der Waals surface area contributed by atoms with Gasteiger partial charge in [0.2, 0.25) is 0 Å². The van der Waals surface area contributed by atoms with E-state index in [-0.39, 0.29) is 5.82 Å². The predicted octanol–water partition coefficient (Wildman–Crippen LogP) is 1.87. The van der Waals surface area contributed by atoms with Gasteiger partial charge >= 0.3 is 0 Å². The van der Waals surface area contributed by atoms with Crippen LogP contribution in [0.15, 0.2) is 6.07 Å². The first-order valence-electron chi connectivity index (χ1n) is 5.40. The molecule has 1 amide bonds. The molecule has 0 aliphatic heterocycles. The van der Waals surface area contributed by atoms with E-state index in [1.54, 1.807) is 13.8 Å². The Labute approximate surface area is 111 Å². The highest BCUT2D eigenvalue weighted by molar-refractivity contribution is 7.08. The Hall–Kier alpha value is -1.90. The minimum absolute atomic E-state index is 0.232. The van der Waals surface area contributed by atoms with Crippen molar-refractivity contribution in [3.63, 3.8) is 0 Å². The van der Waals surface area contributed by atoms with E-state index in [4.69, 9.17) is 0 Å². The van der Waals surface area contributed by atoms with Crippen LogP contribution >= 0.6 is 11.5 Å². The Morgan fingerprint density at radius 2 is 2.26 bits per heavy atom. The maximum Gasteiger partial charge on any atom is 0.270 e. The molecule has 9 heteroatoms. The van der Waals surface area contributed by atoms with E-state index in [0.717, 1.165) is 16.2 Å². The second-order valence-corrected chi connectivity index (χ2v) is 4.64. The van der Waals surface area contributed by atoms with Crippen LogP contribution < -0.4 is 5.32 Å². The zero-order chi connectivity index (χ0) is 14.0. The smallest absolute Gasteiger partial charge is 0.270 e. The first-order chi connectivity index (χ1) is 8.97. The molecule has 2 heterocycles. The van der Waals surface area contributed by atoms with Gasteiger partial charge in [-0.05, 0) is 25.4 Å². The van der Waals surface area contributed by atoms with Crippen molar-refractivity contribution in [1.82, 2.24) is 19.4 Å². The van der Waals surface area contributed by atoms with Crippen molar-refractivity contribution in [2.45, 2.75) is 26.8 Å². The Bertz CT molecular complexity index is 595. The van der Waals surface area contributed by atoms with Crippen molar-refractivity contribution in [2.75, 3.05) is 5.32 Å². The summed E-state index contributed by atoms with van der Waals surface area (Å²) in [5, 5.41) is 10.2. The average molecular weight is 287 g/mol. The van der Waals surface area contributed by atoms with Gasteiger partial charge in [-0.15, -0.1) is 5.10 Å². The fraction of sp³-hybridized carbons (Fsp3) is 0.400. The number of aromatic nitrogens is 4. The molecule has 0 aromatic carbocycles. The van der Waals surface area contributed by atoms with Crippen LogP contribution in [0.2, 0.25) is 0 Å². The van der Waals surface area contributed by atoms with Crippen LogP contribution in [0.1, 0.15) is 21.1 Å². The van der Waals surface area contributed by atoms with Gasteiger partial charge < -0.3 is 5.32 Å². The highest BCUT2D eigenvalue weighted by Gasteiger charge is 2.16. The molecule has 0 atom stereocenters. The number of carbonyl (C=O) groups excluding carboxylic acids is 1.